The number of aliphatic hydroxyl groups is 1. The van der Waals surface area contributed by atoms with Crippen LogP contribution < -0.4 is 14.8 Å². The number of nitrogens with one attached hydrogen (secondary N) is 1. The van der Waals surface area contributed by atoms with Crippen LogP contribution in [-0.2, 0) is 27.4 Å². The van der Waals surface area contributed by atoms with Crippen molar-refractivity contribution in [2.45, 2.75) is 39.0 Å². The molecule has 40 heavy (non-hydrogen) atoms. The average molecular weight is 549 g/mol. The fourth-order valence-electron chi connectivity index (χ4n) is 3.96. The largest absolute Gasteiger partial charge is 0.493 e. The zero-order chi connectivity index (χ0) is 28.9. The highest BCUT2D eigenvalue weighted by Gasteiger charge is 2.29. The molecule has 0 heterocycles. The van der Waals surface area contributed by atoms with Gasteiger partial charge < -0.3 is 29.5 Å². The molecule has 2 amide bonds. The molecule has 0 bridgehead atoms. The molecule has 2 N–H and O–H groups in total. The maximum absolute atomic E-state index is 13.4. The zero-order valence-electron chi connectivity index (χ0n) is 23.0. The first kappa shape index (κ1) is 30.2. The molecule has 2 atom stereocenters. The second-order valence-electron chi connectivity index (χ2n) is 9.67. The van der Waals surface area contributed by atoms with Crippen molar-refractivity contribution >= 4 is 18.0 Å². The molecule has 0 aliphatic heterocycles. The van der Waals surface area contributed by atoms with E-state index in [4.69, 9.17) is 14.2 Å². The van der Waals surface area contributed by atoms with Gasteiger partial charge in [0, 0.05) is 13.0 Å². The first-order valence-corrected chi connectivity index (χ1v) is 13.1. The third-order valence-electron chi connectivity index (χ3n) is 5.91. The topological polar surface area (TPSA) is 114 Å². The van der Waals surface area contributed by atoms with Crippen molar-refractivity contribution in [3.8, 4) is 11.5 Å². The number of benzene rings is 3. The lowest BCUT2D eigenvalue weighted by molar-refractivity contribution is -0.155. The smallest absolute Gasteiger partial charge is 0.337 e. The molecular formula is C31H36N2O7. The number of urea groups is 1. The Balaban J connectivity index is 1.72. The Labute approximate surface area is 234 Å². The molecule has 0 saturated carbocycles. The molecular weight excluding hydrogens is 512 g/mol. The highest BCUT2D eigenvalue weighted by atomic mass is 16.6. The number of aliphatic hydroxyl groups excluding tert-OH is 1. The number of para-hydroxylation sites is 2. The summed E-state index contributed by atoms with van der Waals surface area (Å²) in [6.45, 7) is 3.72. The summed E-state index contributed by atoms with van der Waals surface area (Å²) in [5.41, 5.74) is 1.59. The number of nitrogens with zero attached hydrogens (tertiary/aromatic N) is 1. The van der Waals surface area contributed by atoms with Gasteiger partial charge in [-0.2, -0.15) is 0 Å². The fraction of sp³-hybridized carbons (Fsp3) is 0.323. The molecule has 3 aromatic carbocycles. The van der Waals surface area contributed by atoms with E-state index in [0.717, 1.165) is 11.1 Å². The molecule has 9 nitrogen and oxygen atoms in total. The highest BCUT2D eigenvalue weighted by Crippen LogP contribution is 2.26. The summed E-state index contributed by atoms with van der Waals surface area (Å²) in [5.74, 6) is -0.917. The van der Waals surface area contributed by atoms with Crippen LogP contribution in [0.25, 0.3) is 0 Å². The lowest BCUT2D eigenvalue weighted by atomic mass is 10.1. The SMILES string of the molecule is COc1ccccc1OC(=O)[C@H](Cc1ccccc1)NC(=O)N(CC(C)C)CC(O)C(=O)OCc1ccccc1. The highest BCUT2D eigenvalue weighted by molar-refractivity contribution is 5.86. The van der Waals surface area contributed by atoms with Gasteiger partial charge in [-0.15, -0.1) is 0 Å². The lowest BCUT2D eigenvalue weighted by Gasteiger charge is -2.28. The van der Waals surface area contributed by atoms with Gasteiger partial charge in [0.1, 0.15) is 12.6 Å². The normalized spacial score (nSPS) is 12.2. The molecule has 0 spiro atoms. The number of carbonyl (C=O) groups excluding carboxylic acids is 3. The van der Waals surface area contributed by atoms with E-state index in [-0.39, 0.29) is 37.8 Å². The first-order valence-electron chi connectivity index (χ1n) is 13.1. The number of hydrogen-bond acceptors (Lipinski definition) is 7. The van der Waals surface area contributed by atoms with Crippen LogP contribution in [-0.4, -0.2) is 60.3 Å². The minimum Gasteiger partial charge on any atom is -0.493 e. The van der Waals surface area contributed by atoms with Crippen LogP contribution in [0.2, 0.25) is 0 Å². The van der Waals surface area contributed by atoms with Crippen molar-refractivity contribution in [3.63, 3.8) is 0 Å². The Morgan fingerprint density at radius 3 is 1.98 bits per heavy atom. The molecule has 0 aliphatic rings. The van der Waals surface area contributed by atoms with Crippen molar-refractivity contribution in [3.05, 3.63) is 96.1 Å². The summed E-state index contributed by atoms with van der Waals surface area (Å²) in [4.78, 5) is 40.5. The van der Waals surface area contributed by atoms with Gasteiger partial charge in [-0.05, 0) is 29.2 Å². The molecule has 1 unspecified atom stereocenters. The van der Waals surface area contributed by atoms with E-state index in [1.807, 2.05) is 62.4 Å². The molecule has 9 heteroatoms. The molecule has 0 fully saturated rings. The molecule has 3 aromatic rings. The minimum absolute atomic E-state index is 0.00104. The Morgan fingerprint density at radius 2 is 1.38 bits per heavy atom. The van der Waals surface area contributed by atoms with Gasteiger partial charge in [0.05, 0.1) is 13.7 Å². The van der Waals surface area contributed by atoms with Crippen molar-refractivity contribution < 1.29 is 33.7 Å². The fourth-order valence-corrected chi connectivity index (χ4v) is 3.96. The number of amides is 2. The molecule has 0 saturated heterocycles. The monoisotopic (exact) mass is 548 g/mol. The van der Waals surface area contributed by atoms with Crippen LogP contribution in [0, 0.1) is 5.92 Å². The third kappa shape index (κ3) is 9.43. The van der Waals surface area contributed by atoms with Crippen LogP contribution >= 0.6 is 0 Å². The van der Waals surface area contributed by atoms with Crippen molar-refractivity contribution in [2.24, 2.45) is 5.92 Å². The van der Waals surface area contributed by atoms with Crippen LogP contribution in [0.1, 0.15) is 25.0 Å². The Bertz CT molecular complexity index is 1230. The van der Waals surface area contributed by atoms with Gasteiger partial charge in [-0.1, -0.05) is 86.6 Å². The van der Waals surface area contributed by atoms with E-state index < -0.39 is 30.1 Å². The van der Waals surface area contributed by atoms with Crippen LogP contribution in [0.5, 0.6) is 11.5 Å². The summed E-state index contributed by atoms with van der Waals surface area (Å²) in [5, 5.41) is 13.3. The Kier molecular flexibility index (Phi) is 11.5. The summed E-state index contributed by atoms with van der Waals surface area (Å²) >= 11 is 0. The minimum atomic E-state index is -1.57. The number of rotatable bonds is 13. The molecule has 212 valence electrons. The predicted molar refractivity (Wildman–Crippen MR) is 150 cm³/mol. The standard InChI is InChI=1S/C31H36N2O7/c1-22(2)19-33(20-26(34)30(36)39-21-24-14-8-5-9-15-24)31(37)32-25(18-23-12-6-4-7-13-23)29(35)40-28-17-11-10-16-27(28)38-3/h4-17,22,25-26,34H,18-21H2,1-3H3,(H,32,37)/t25-,26?/m0/s1. The molecule has 0 aromatic heterocycles. The molecule has 0 aliphatic carbocycles. The molecule has 3 rings (SSSR count). The quantitative estimate of drug-likeness (QED) is 0.245. The summed E-state index contributed by atoms with van der Waals surface area (Å²) < 4.78 is 16.1. The number of ether oxygens (including phenoxy) is 3. The zero-order valence-corrected chi connectivity index (χ0v) is 23.0. The maximum Gasteiger partial charge on any atom is 0.337 e. The first-order chi connectivity index (χ1) is 19.3. The predicted octanol–water partition coefficient (Wildman–Crippen LogP) is 3.98. The van der Waals surface area contributed by atoms with Crippen molar-refractivity contribution in [1.29, 1.82) is 0 Å². The van der Waals surface area contributed by atoms with E-state index in [2.05, 4.69) is 5.32 Å². The summed E-state index contributed by atoms with van der Waals surface area (Å²) in [6, 6.07) is 23.3. The van der Waals surface area contributed by atoms with Crippen molar-refractivity contribution in [2.75, 3.05) is 20.2 Å². The Morgan fingerprint density at radius 1 is 0.800 bits per heavy atom. The Hall–Kier alpha value is -4.37. The lowest BCUT2D eigenvalue weighted by Crippen LogP contribution is -2.53. The van der Waals surface area contributed by atoms with E-state index in [1.54, 1.807) is 36.4 Å². The summed E-state index contributed by atoms with van der Waals surface area (Å²) in [7, 11) is 1.47. The number of hydrogen-bond donors (Lipinski definition) is 2. The van der Waals surface area contributed by atoms with E-state index >= 15 is 0 Å². The van der Waals surface area contributed by atoms with E-state index in [1.165, 1.54) is 12.0 Å². The average Bonchev–Trinajstić information content (AvgIpc) is 2.96. The number of methoxy groups -OCH3 is 1. The second kappa shape index (κ2) is 15.3. The van der Waals surface area contributed by atoms with Crippen molar-refractivity contribution in [1.82, 2.24) is 10.2 Å². The van der Waals surface area contributed by atoms with Gasteiger partial charge in [-0.3, -0.25) is 0 Å². The van der Waals surface area contributed by atoms with Gasteiger partial charge >= 0.3 is 18.0 Å². The van der Waals surface area contributed by atoms with Crippen LogP contribution in [0.4, 0.5) is 4.79 Å². The molecule has 0 radical (unpaired) electrons. The van der Waals surface area contributed by atoms with E-state index in [0.29, 0.717) is 5.75 Å². The maximum atomic E-state index is 13.4. The van der Waals surface area contributed by atoms with E-state index in [9.17, 15) is 19.5 Å². The second-order valence-corrected chi connectivity index (χ2v) is 9.67. The van der Waals surface area contributed by atoms with Gasteiger partial charge in [-0.25, -0.2) is 14.4 Å². The van der Waals surface area contributed by atoms with Crippen LogP contribution in [0.15, 0.2) is 84.9 Å². The van der Waals surface area contributed by atoms with Crippen LogP contribution in [0.3, 0.4) is 0 Å². The van der Waals surface area contributed by atoms with Gasteiger partial charge in [0.2, 0.25) is 0 Å². The number of esters is 2. The third-order valence-corrected chi connectivity index (χ3v) is 5.91. The van der Waals surface area contributed by atoms with Gasteiger partial charge in [0.25, 0.3) is 0 Å². The van der Waals surface area contributed by atoms with Gasteiger partial charge in [0.15, 0.2) is 17.6 Å². The number of carbonyl (C=O) groups is 3. The summed E-state index contributed by atoms with van der Waals surface area (Å²) in [6.07, 6.45) is -1.40.